The molecule has 152 valence electrons. The minimum atomic E-state index is -0.901. The maximum Gasteiger partial charge on any atom is 0.513 e. The summed E-state index contributed by atoms with van der Waals surface area (Å²) < 4.78 is 20.6. The van der Waals surface area contributed by atoms with Gasteiger partial charge in [-0.3, -0.25) is 0 Å². The van der Waals surface area contributed by atoms with Crippen molar-refractivity contribution < 1.29 is 28.5 Å². The second kappa shape index (κ2) is 9.85. The number of benzene rings is 2. The number of hydrogen-bond donors (Lipinski definition) is 0. The standard InChI is InChI=1S/C20H22Cl2O6/c1-11(2)9-25-19(23)27-17-13-7-5-6-8-14(13)18(16(22)15(17)21)28-20(24)26-10-12(3)4/h5-8,11-12H,9-10H2,1-4H3. The van der Waals surface area contributed by atoms with E-state index in [2.05, 4.69) is 0 Å². The van der Waals surface area contributed by atoms with Crippen molar-refractivity contribution >= 4 is 46.3 Å². The molecule has 0 saturated heterocycles. The van der Waals surface area contributed by atoms with E-state index in [0.29, 0.717) is 10.8 Å². The van der Waals surface area contributed by atoms with Gasteiger partial charge in [0.2, 0.25) is 0 Å². The zero-order valence-electron chi connectivity index (χ0n) is 16.1. The van der Waals surface area contributed by atoms with Gasteiger partial charge in [0, 0.05) is 10.8 Å². The molecule has 0 fully saturated rings. The van der Waals surface area contributed by atoms with Crippen molar-refractivity contribution in [2.45, 2.75) is 27.7 Å². The van der Waals surface area contributed by atoms with Crippen LogP contribution in [-0.2, 0) is 9.47 Å². The summed E-state index contributed by atoms with van der Waals surface area (Å²) in [4.78, 5) is 24.0. The summed E-state index contributed by atoms with van der Waals surface area (Å²) in [6.07, 6.45) is -1.80. The van der Waals surface area contributed by atoms with E-state index in [1.165, 1.54) is 0 Å². The highest BCUT2D eigenvalue weighted by atomic mass is 35.5. The Kier molecular flexibility index (Phi) is 7.78. The molecule has 0 N–H and O–H groups in total. The number of halogens is 2. The van der Waals surface area contributed by atoms with Crippen LogP contribution in [0.1, 0.15) is 27.7 Å². The van der Waals surface area contributed by atoms with Crippen LogP contribution in [-0.4, -0.2) is 25.5 Å². The summed E-state index contributed by atoms with van der Waals surface area (Å²) in [5.41, 5.74) is 0. The van der Waals surface area contributed by atoms with Crippen LogP contribution in [0, 0.1) is 11.8 Å². The van der Waals surface area contributed by atoms with Gasteiger partial charge in [0.15, 0.2) is 11.5 Å². The summed E-state index contributed by atoms with van der Waals surface area (Å²) in [5, 5.41) is 0.720. The van der Waals surface area contributed by atoms with Crippen LogP contribution in [0.15, 0.2) is 24.3 Å². The van der Waals surface area contributed by atoms with Gasteiger partial charge >= 0.3 is 12.3 Å². The van der Waals surface area contributed by atoms with Gasteiger partial charge < -0.3 is 18.9 Å². The van der Waals surface area contributed by atoms with Crippen LogP contribution in [0.3, 0.4) is 0 Å². The second-order valence-electron chi connectivity index (χ2n) is 6.95. The van der Waals surface area contributed by atoms with E-state index in [-0.39, 0.29) is 46.6 Å². The van der Waals surface area contributed by atoms with Crippen LogP contribution in [0.5, 0.6) is 11.5 Å². The Morgan fingerprint density at radius 3 is 1.46 bits per heavy atom. The Hall–Kier alpha value is -2.18. The lowest BCUT2D eigenvalue weighted by molar-refractivity contribution is 0.0873. The molecule has 2 aromatic carbocycles. The smallest absolute Gasteiger partial charge is 0.434 e. The molecule has 0 heterocycles. The molecule has 0 spiro atoms. The fraction of sp³-hybridized carbons (Fsp3) is 0.400. The normalized spacial score (nSPS) is 11.0. The van der Waals surface area contributed by atoms with E-state index in [4.69, 9.17) is 42.1 Å². The van der Waals surface area contributed by atoms with Crippen LogP contribution >= 0.6 is 23.2 Å². The van der Waals surface area contributed by atoms with Crippen molar-refractivity contribution in [3.05, 3.63) is 34.3 Å². The maximum atomic E-state index is 12.0. The first kappa shape index (κ1) is 22.1. The van der Waals surface area contributed by atoms with Crippen LogP contribution in [0.25, 0.3) is 10.8 Å². The third-order valence-electron chi connectivity index (χ3n) is 3.45. The van der Waals surface area contributed by atoms with Crippen molar-refractivity contribution in [2.75, 3.05) is 13.2 Å². The summed E-state index contributed by atoms with van der Waals surface area (Å²) in [6, 6.07) is 6.77. The average molecular weight is 429 g/mol. The molecule has 0 amide bonds. The van der Waals surface area contributed by atoms with E-state index >= 15 is 0 Å². The quantitative estimate of drug-likeness (QED) is 0.386. The van der Waals surface area contributed by atoms with Crippen molar-refractivity contribution in [3.63, 3.8) is 0 Å². The van der Waals surface area contributed by atoms with Crippen molar-refractivity contribution in [3.8, 4) is 11.5 Å². The fourth-order valence-corrected chi connectivity index (χ4v) is 2.66. The fourth-order valence-electron chi connectivity index (χ4n) is 2.21. The molecule has 8 heteroatoms. The van der Waals surface area contributed by atoms with Crippen LogP contribution < -0.4 is 9.47 Å². The molecule has 0 aliphatic heterocycles. The Balaban J connectivity index is 2.37. The third kappa shape index (κ3) is 5.66. The average Bonchev–Trinajstić information content (AvgIpc) is 2.65. The first-order valence-corrected chi connectivity index (χ1v) is 9.55. The predicted octanol–water partition coefficient (Wildman–Crippen LogP) is 6.49. The van der Waals surface area contributed by atoms with Gasteiger partial charge in [-0.2, -0.15) is 0 Å². The summed E-state index contributed by atoms with van der Waals surface area (Å²) in [6.45, 7) is 8.00. The number of fused-ring (bicyclic) bond motifs is 1. The molecule has 2 aromatic rings. The van der Waals surface area contributed by atoms with Crippen molar-refractivity contribution in [2.24, 2.45) is 11.8 Å². The molecular formula is C20H22Cl2O6. The highest BCUT2D eigenvalue weighted by Gasteiger charge is 2.24. The van der Waals surface area contributed by atoms with E-state index in [1.54, 1.807) is 24.3 Å². The number of hydrogen-bond acceptors (Lipinski definition) is 6. The monoisotopic (exact) mass is 428 g/mol. The predicted molar refractivity (Wildman–Crippen MR) is 108 cm³/mol. The lowest BCUT2D eigenvalue weighted by atomic mass is 10.1. The van der Waals surface area contributed by atoms with Crippen LogP contribution in [0.4, 0.5) is 9.59 Å². The van der Waals surface area contributed by atoms with Gasteiger partial charge in [0.25, 0.3) is 0 Å². The molecule has 28 heavy (non-hydrogen) atoms. The first-order chi connectivity index (χ1) is 13.2. The van der Waals surface area contributed by atoms with Gasteiger partial charge in [-0.15, -0.1) is 0 Å². The Bertz CT molecular complexity index is 793. The lowest BCUT2D eigenvalue weighted by Gasteiger charge is -2.16. The number of rotatable bonds is 6. The number of carbonyl (C=O) groups excluding carboxylic acids is 2. The molecule has 2 rings (SSSR count). The Morgan fingerprint density at radius 2 is 1.14 bits per heavy atom. The summed E-state index contributed by atoms with van der Waals surface area (Å²) >= 11 is 12.6. The molecule has 0 aliphatic rings. The lowest BCUT2D eigenvalue weighted by Crippen LogP contribution is -2.16. The maximum absolute atomic E-state index is 12.0. The Morgan fingerprint density at radius 1 is 0.786 bits per heavy atom. The highest BCUT2D eigenvalue weighted by Crippen LogP contribution is 2.46. The van der Waals surface area contributed by atoms with E-state index in [1.807, 2.05) is 27.7 Å². The number of ether oxygens (including phenoxy) is 4. The van der Waals surface area contributed by atoms with Gasteiger partial charge in [-0.05, 0) is 11.8 Å². The van der Waals surface area contributed by atoms with E-state index in [9.17, 15) is 9.59 Å². The minimum Gasteiger partial charge on any atom is -0.434 e. The molecule has 6 nitrogen and oxygen atoms in total. The van der Waals surface area contributed by atoms with E-state index in [0.717, 1.165) is 0 Å². The number of carbonyl (C=O) groups is 2. The van der Waals surface area contributed by atoms with Gasteiger partial charge in [0.05, 0.1) is 13.2 Å². The molecule has 0 aromatic heterocycles. The topological polar surface area (TPSA) is 71.1 Å². The molecule has 0 unspecified atom stereocenters. The first-order valence-electron chi connectivity index (χ1n) is 8.79. The summed E-state index contributed by atoms with van der Waals surface area (Å²) in [5.74, 6) is 0.352. The second-order valence-corrected chi connectivity index (χ2v) is 7.70. The van der Waals surface area contributed by atoms with Gasteiger partial charge in [-0.1, -0.05) is 75.2 Å². The largest absolute Gasteiger partial charge is 0.513 e. The molecule has 0 aliphatic carbocycles. The SMILES string of the molecule is CC(C)COC(=O)Oc1c(Cl)c(Cl)c(OC(=O)OCC(C)C)c2ccccc12. The highest BCUT2D eigenvalue weighted by molar-refractivity contribution is 6.45. The molecule has 0 atom stereocenters. The van der Waals surface area contributed by atoms with Crippen LogP contribution in [0.2, 0.25) is 10.0 Å². The van der Waals surface area contributed by atoms with Gasteiger partial charge in [-0.25, -0.2) is 9.59 Å². The van der Waals surface area contributed by atoms with E-state index < -0.39 is 12.3 Å². The zero-order chi connectivity index (χ0) is 20.8. The zero-order valence-corrected chi connectivity index (χ0v) is 17.6. The van der Waals surface area contributed by atoms with Gasteiger partial charge in [0.1, 0.15) is 10.0 Å². The Labute approximate surface area is 173 Å². The molecular weight excluding hydrogens is 407 g/mol. The minimum absolute atomic E-state index is 0.0268. The molecule has 0 radical (unpaired) electrons. The third-order valence-corrected chi connectivity index (χ3v) is 4.27. The molecule has 0 bridgehead atoms. The van der Waals surface area contributed by atoms with Crippen molar-refractivity contribution in [1.82, 2.24) is 0 Å². The molecule has 0 saturated carbocycles. The summed E-state index contributed by atoms with van der Waals surface area (Å²) in [7, 11) is 0. The van der Waals surface area contributed by atoms with Crippen molar-refractivity contribution in [1.29, 1.82) is 0 Å².